The molecule has 0 spiro atoms. The number of esters is 1. The molecule has 0 aliphatic rings. The molecule has 0 bridgehead atoms. The molecule has 0 aromatic carbocycles. The number of nitrogens with one attached hydrogen (secondary N) is 1. The van der Waals surface area contributed by atoms with E-state index < -0.39 is 18.2 Å². The van der Waals surface area contributed by atoms with Crippen molar-refractivity contribution >= 4 is 11.9 Å². The molecule has 0 heterocycles. The quantitative estimate of drug-likeness (QED) is 0.0245. The lowest BCUT2D eigenvalue weighted by Gasteiger charge is -2.23. The van der Waals surface area contributed by atoms with Gasteiger partial charge in [0.2, 0.25) is 5.91 Å². The van der Waals surface area contributed by atoms with Gasteiger partial charge < -0.3 is 20.3 Å². The highest BCUT2D eigenvalue weighted by Crippen LogP contribution is 2.16. The number of hydrogen-bond donors (Lipinski definition) is 3. The van der Waals surface area contributed by atoms with Gasteiger partial charge in [-0.2, -0.15) is 0 Å². The average Bonchev–Trinajstić information content (AvgIpc) is 3.25. The number of hydrogen-bond acceptors (Lipinski definition) is 5. The molecule has 3 atom stereocenters. The second-order valence-corrected chi connectivity index (χ2v) is 17.6. The summed E-state index contributed by atoms with van der Waals surface area (Å²) in [6, 6.07) is -0.735. The Labute approximate surface area is 378 Å². The topological polar surface area (TPSA) is 95.9 Å². The Hall–Kier alpha value is -2.44. The van der Waals surface area contributed by atoms with E-state index in [4.69, 9.17) is 4.74 Å². The molecular weight excluding hydrogens is 755 g/mol. The van der Waals surface area contributed by atoms with Gasteiger partial charge in [0.05, 0.1) is 25.2 Å². The van der Waals surface area contributed by atoms with E-state index in [1.807, 2.05) is 12.2 Å². The Morgan fingerprint density at radius 1 is 0.525 bits per heavy atom. The van der Waals surface area contributed by atoms with Gasteiger partial charge in [-0.3, -0.25) is 9.59 Å². The molecule has 6 heteroatoms. The van der Waals surface area contributed by atoms with E-state index in [1.54, 1.807) is 0 Å². The van der Waals surface area contributed by atoms with Crippen LogP contribution in [-0.2, 0) is 14.3 Å². The van der Waals surface area contributed by atoms with Gasteiger partial charge in [-0.1, -0.05) is 242 Å². The smallest absolute Gasteiger partial charge is 0.306 e. The third-order valence-electron chi connectivity index (χ3n) is 11.6. The number of rotatable bonds is 46. The minimum atomic E-state index is -0.814. The summed E-state index contributed by atoms with van der Waals surface area (Å²) in [4.78, 5) is 26.0. The molecular formula is C55H99NO5. The van der Waals surface area contributed by atoms with Crippen molar-refractivity contribution in [3.05, 3.63) is 60.8 Å². The number of unbranched alkanes of at least 4 members (excludes halogenated alkanes) is 28. The first-order valence-corrected chi connectivity index (χ1v) is 26.1. The number of aliphatic hydroxyl groups is 2. The highest BCUT2D eigenvalue weighted by molar-refractivity contribution is 5.78. The molecule has 3 unspecified atom stereocenters. The van der Waals surface area contributed by atoms with E-state index >= 15 is 0 Å². The van der Waals surface area contributed by atoms with Gasteiger partial charge in [0, 0.05) is 6.42 Å². The van der Waals surface area contributed by atoms with Crippen molar-refractivity contribution in [3.8, 4) is 0 Å². The number of allylic oxidation sites excluding steroid dienone is 9. The zero-order chi connectivity index (χ0) is 44.5. The summed E-state index contributed by atoms with van der Waals surface area (Å²) in [6.07, 6.45) is 60.3. The maximum atomic E-state index is 13.2. The normalized spacial score (nSPS) is 13.7. The van der Waals surface area contributed by atoms with Crippen LogP contribution >= 0.6 is 0 Å². The second kappa shape index (κ2) is 48.6. The van der Waals surface area contributed by atoms with Crippen LogP contribution in [0.3, 0.4) is 0 Å². The second-order valence-electron chi connectivity index (χ2n) is 17.6. The van der Waals surface area contributed by atoms with Crippen LogP contribution < -0.4 is 5.32 Å². The fourth-order valence-electron chi connectivity index (χ4n) is 7.69. The molecule has 0 aliphatic heterocycles. The standard InChI is InChI=1S/C55H99NO5/c1-4-7-10-13-16-19-22-24-26-28-29-32-35-38-41-44-47-53(58)52(50-57)56-54(59)49-51(46-43-40-37-34-31-21-18-15-12-9-6-3)61-55(60)48-45-42-39-36-33-30-27-25-23-20-17-14-11-8-5-2/h8,11,14,17,20,23,34,37,43,46,51-53,57-58H,4-7,9-10,12-13,15-16,18-19,21-22,24-33,35-36,38-42,44-45,47-50H2,1-3H3,(H,56,59)/b11-8+,17-14+,23-20+,37-34-,46-43+. The van der Waals surface area contributed by atoms with Crippen LogP contribution in [-0.4, -0.2) is 46.9 Å². The first-order valence-electron chi connectivity index (χ1n) is 26.1. The average molecular weight is 854 g/mol. The summed E-state index contributed by atoms with van der Waals surface area (Å²) >= 11 is 0. The molecule has 3 N–H and O–H groups in total. The lowest BCUT2D eigenvalue weighted by Crippen LogP contribution is -2.46. The summed E-state index contributed by atoms with van der Waals surface area (Å²) in [7, 11) is 0. The number of carbonyl (C=O) groups is 2. The highest BCUT2D eigenvalue weighted by Gasteiger charge is 2.23. The van der Waals surface area contributed by atoms with Crippen molar-refractivity contribution in [1.82, 2.24) is 5.32 Å². The SMILES string of the molecule is CC/C=C/C=C/C=C/CCCCCCCCCC(=O)OC(/C=C/C/C=C\CCCCCCCC)CC(=O)NC(CO)C(O)CCCCCCCCCCCCCCCCCC. The van der Waals surface area contributed by atoms with Crippen molar-refractivity contribution in [2.24, 2.45) is 0 Å². The summed E-state index contributed by atoms with van der Waals surface area (Å²) in [5.41, 5.74) is 0. The molecule has 0 saturated heterocycles. The molecule has 6 nitrogen and oxygen atoms in total. The van der Waals surface area contributed by atoms with Crippen LogP contribution in [0.4, 0.5) is 0 Å². The maximum Gasteiger partial charge on any atom is 0.306 e. The van der Waals surface area contributed by atoms with E-state index in [1.165, 1.54) is 148 Å². The van der Waals surface area contributed by atoms with Gasteiger partial charge in [-0.25, -0.2) is 0 Å². The van der Waals surface area contributed by atoms with Crippen molar-refractivity contribution < 1.29 is 24.5 Å². The van der Waals surface area contributed by atoms with Crippen LogP contribution in [0, 0.1) is 0 Å². The number of aliphatic hydroxyl groups excluding tert-OH is 2. The molecule has 0 aromatic rings. The molecule has 0 radical (unpaired) electrons. The third kappa shape index (κ3) is 44.0. The van der Waals surface area contributed by atoms with Crippen molar-refractivity contribution in [1.29, 1.82) is 0 Å². The van der Waals surface area contributed by atoms with Crippen LogP contribution in [0.2, 0.25) is 0 Å². The largest absolute Gasteiger partial charge is 0.458 e. The van der Waals surface area contributed by atoms with Crippen molar-refractivity contribution in [3.63, 3.8) is 0 Å². The molecule has 0 aliphatic carbocycles. The van der Waals surface area contributed by atoms with Crippen LogP contribution in [0.15, 0.2) is 60.8 Å². The molecule has 0 rings (SSSR count). The summed E-state index contributed by atoms with van der Waals surface area (Å²) in [5.74, 6) is -0.614. The zero-order valence-corrected chi connectivity index (χ0v) is 40.3. The summed E-state index contributed by atoms with van der Waals surface area (Å²) in [6.45, 7) is 6.32. The van der Waals surface area contributed by atoms with Crippen molar-refractivity contribution in [2.75, 3.05) is 6.61 Å². The van der Waals surface area contributed by atoms with Gasteiger partial charge in [-0.05, 0) is 57.4 Å². The Kier molecular flexibility index (Phi) is 46.6. The monoisotopic (exact) mass is 854 g/mol. The third-order valence-corrected chi connectivity index (χ3v) is 11.6. The number of carbonyl (C=O) groups excluding carboxylic acids is 2. The lowest BCUT2D eigenvalue weighted by atomic mass is 10.0. The fraction of sp³-hybridized carbons (Fsp3) is 0.782. The van der Waals surface area contributed by atoms with E-state index in [-0.39, 0.29) is 24.9 Å². The van der Waals surface area contributed by atoms with E-state index in [0.29, 0.717) is 19.3 Å². The molecule has 354 valence electrons. The predicted octanol–water partition coefficient (Wildman–Crippen LogP) is 15.6. The predicted molar refractivity (Wildman–Crippen MR) is 264 cm³/mol. The Balaban J connectivity index is 4.58. The molecule has 61 heavy (non-hydrogen) atoms. The minimum Gasteiger partial charge on any atom is -0.458 e. The fourth-order valence-corrected chi connectivity index (χ4v) is 7.69. The van der Waals surface area contributed by atoms with Crippen LogP contribution in [0.1, 0.15) is 252 Å². The Morgan fingerprint density at radius 3 is 1.49 bits per heavy atom. The lowest BCUT2D eigenvalue weighted by molar-refractivity contribution is -0.148. The van der Waals surface area contributed by atoms with Crippen LogP contribution in [0.25, 0.3) is 0 Å². The first kappa shape index (κ1) is 58.6. The molecule has 0 aromatic heterocycles. The molecule has 0 saturated carbocycles. The van der Waals surface area contributed by atoms with Gasteiger partial charge in [-0.15, -0.1) is 0 Å². The van der Waals surface area contributed by atoms with E-state index in [0.717, 1.165) is 57.8 Å². The minimum absolute atomic E-state index is 0.0344. The van der Waals surface area contributed by atoms with Gasteiger partial charge in [0.25, 0.3) is 0 Å². The number of ether oxygens (including phenoxy) is 1. The zero-order valence-electron chi connectivity index (χ0n) is 40.3. The highest BCUT2D eigenvalue weighted by atomic mass is 16.5. The Morgan fingerprint density at radius 2 is 0.984 bits per heavy atom. The number of amides is 1. The maximum absolute atomic E-state index is 13.2. The first-order chi connectivity index (χ1) is 30.0. The van der Waals surface area contributed by atoms with Crippen LogP contribution in [0.5, 0.6) is 0 Å². The van der Waals surface area contributed by atoms with Gasteiger partial charge in [0.1, 0.15) is 6.10 Å². The molecule has 1 amide bonds. The van der Waals surface area contributed by atoms with Gasteiger partial charge in [0.15, 0.2) is 0 Å². The molecule has 0 fully saturated rings. The van der Waals surface area contributed by atoms with E-state index in [9.17, 15) is 19.8 Å². The summed E-state index contributed by atoms with van der Waals surface area (Å²) in [5, 5.41) is 23.7. The van der Waals surface area contributed by atoms with E-state index in [2.05, 4.69) is 74.7 Å². The van der Waals surface area contributed by atoms with Gasteiger partial charge >= 0.3 is 5.97 Å². The Bertz CT molecular complexity index is 1090. The van der Waals surface area contributed by atoms with Crippen molar-refractivity contribution in [2.45, 2.75) is 270 Å². The summed E-state index contributed by atoms with van der Waals surface area (Å²) < 4.78 is 5.82.